The summed E-state index contributed by atoms with van der Waals surface area (Å²) >= 11 is 0. The van der Waals surface area contributed by atoms with Gasteiger partial charge in [0, 0.05) is 30.2 Å². The molecule has 11 unspecified atom stereocenters. The van der Waals surface area contributed by atoms with Crippen molar-refractivity contribution in [2.45, 2.75) is 197 Å². The highest BCUT2D eigenvalue weighted by atomic mass is 15.3. The second-order valence-electron chi connectivity index (χ2n) is 18.8. The molecule has 2 saturated heterocycles. The topological polar surface area (TPSA) is 30.5 Å². The second kappa shape index (κ2) is 14.2. The van der Waals surface area contributed by atoms with Gasteiger partial charge in [0.2, 0.25) is 0 Å². The van der Waals surface area contributed by atoms with Crippen molar-refractivity contribution in [3.63, 3.8) is 0 Å². The van der Waals surface area contributed by atoms with Gasteiger partial charge in [-0.05, 0) is 170 Å². The van der Waals surface area contributed by atoms with Crippen LogP contribution in [0.2, 0.25) is 0 Å². The van der Waals surface area contributed by atoms with Crippen molar-refractivity contribution in [1.82, 2.24) is 20.4 Å². The number of piperidine rings is 2. The van der Waals surface area contributed by atoms with Crippen LogP contribution < -0.4 is 10.6 Å². The van der Waals surface area contributed by atoms with Gasteiger partial charge in [0.1, 0.15) is 0 Å². The van der Waals surface area contributed by atoms with Crippen LogP contribution in [-0.4, -0.2) is 65.8 Å². The molecule has 0 aromatic heterocycles. The summed E-state index contributed by atoms with van der Waals surface area (Å²) in [4.78, 5) is 6.66. The van der Waals surface area contributed by atoms with Crippen LogP contribution in [0.25, 0.3) is 0 Å². The number of rotatable bonds is 6. The average molecular weight is 633 g/mol. The molecule has 9 fully saturated rings. The van der Waals surface area contributed by atoms with Crippen molar-refractivity contribution in [2.24, 2.45) is 47.3 Å². The molecular weight excluding hydrogens is 560 g/mol. The molecule has 0 bridgehead atoms. The van der Waals surface area contributed by atoms with E-state index in [0.717, 1.165) is 77.6 Å². The van der Waals surface area contributed by atoms with E-state index in [1.54, 1.807) is 44.9 Å². The van der Waals surface area contributed by atoms with Crippen LogP contribution in [0.1, 0.15) is 161 Å². The Balaban J connectivity index is 1.02. The minimum absolute atomic E-state index is 0.696. The van der Waals surface area contributed by atoms with Gasteiger partial charge in [0.15, 0.2) is 0 Å². The standard InChI is InChI=1S/C42H72N4/c1-3-10-32(11-4-1)45(34-24-26-43-27-25-34)38-21-17-30-16-20-37-39(22-18-31-15-19-36(38)40(30)41(31)37)46(33-12-5-2-6-13-33)42-35-14-8-7-9-29(35)23-28-44-42/h29-44H,1-28H2. The first-order valence-corrected chi connectivity index (χ1v) is 21.8. The second-order valence-corrected chi connectivity index (χ2v) is 18.8. The van der Waals surface area contributed by atoms with Crippen LogP contribution in [0.15, 0.2) is 0 Å². The fourth-order valence-corrected chi connectivity index (χ4v) is 15.3. The van der Waals surface area contributed by atoms with Crippen molar-refractivity contribution >= 4 is 0 Å². The van der Waals surface area contributed by atoms with Gasteiger partial charge in [0.25, 0.3) is 0 Å². The Labute approximate surface area is 283 Å². The third kappa shape index (κ3) is 5.89. The molecule has 2 heterocycles. The quantitative estimate of drug-likeness (QED) is 0.307. The van der Waals surface area contributed by atoms with E-state index in [4.69, 9.17) is 0 Å². The fourth-order valence-electron chi connectivity index (χ4n) is 15.3. The van der Waals surface area contributed by atoms with Gasteiger partial charge in [0.05, 0.1) is 6.17 Å². The highest BCUT2D eigenvalue weighted by Gasteiger charge is 2.59. The number of fused-ring (bicyclic) bond motifs is 1. The monoisotopic (exact) mass is 633 g/mol. The minimum atomic E-state index is 0.696. The predicted octanol–water partition coefficient (Wildman–Crippen LogP) is 8.74. The van der Waals surface area contributed by atoms with Gasteiger partial charge in [-0.25, -0.2) is 0 Å². The van der Waals surface area contributed by atoms with Gasteiger partial charge >= 0.3 is 0 Å². The lowest BCUT2D eigenvalue weighted by Gasteiger charge is -2.65. The molecule has 9 aliphatic rings. The molecule has 0 radical (unpaired) electrons. The lowest BCUT2D eigenvalue weighted by molar-refractivity contribution is -0.155. The first kappa shape index (κ1) is 31.8. The fraction of sp³-hybridized carbons (Fsp3) is 1.00. The lowest BCUT2D eigenvalue weighted by Crippen LogP contribution is -2.67. The van der Waals surface area contributed by atoms with Gasteiger partial charge in [-0.3, -0.25) is 9.80 Å². The van der Waals surface area contributed by atoms with Crippen molar-refractivity contribution in [3.8, 4) is 0 Å². The van der Waals surface area contributed by atoms with Crippen molar-refractivity contribution in [3.05, 3.63) is 0 Å². The Kier molecular flexibility index (Phi) is 9.83. The molecule has 0 aromatic carbocycles. The zero-order chi connectivity index (χ0) is 30.5. The number of nitrogens with one attached hydrogen (secondary N) is 2. The SMILES string of the molecule is C1CCC(N(C2CCNCC2)C2CCC3CCC4C5C(CCC2C35)CCC4N(C2CCCCC2)C2NCCC3CCCCC32)CC1. The maximum atomic E-state index is 4.31. The Morgan fingerprint density at radius 1 is 0.348 bits per heavy atom. The summed E-state index contributed by atoms with van der Waals surface area (Å²) in [6.07, 6.45) is 38.5. The van der Waals surface area contributed by atoms with Gasteiger partial charge in [-0.2, -0.15) is 0 Å². The Morgan fingerprint density at radius 2 is 0.870 bits per heavy atom. The minimum Gasteiger partial charge on any atom is -0.317 e. The molecule has 4 heteroatoms. The smallest absolute Gasteiger partial charge is 0.0633 e. The van der Waals surface area contributed by atoms with Crippen LogP contribution >= 0.6 is 0 Å². The molecular formula is C42H72N4. The van der Waals surface area contributed by atoms with E-state index in [9.17, 15) is 0 Å². The van der Waals surface area contributed by atoms with Gasteiger partial charge in [-0.1, -0.05) is 57.8 Å². The molecule has 7 aliphatic carbocycles. The van der Waals surface area contributed by atoms with E-state index in [1.165, 1.54) is 135 Å². The first-order valence-electron chi connectivity index (χ1n) is 21.8. The van der Waals surface area contributed by atoms with E-state index in [1.807, 2.05) is 0 Å². The molecule has 0 spiro atoms. The summed E-state index contributed by atoms with van der Waals surface area (Å²) in [7, 11) is 0. The van der Waals surface area contributed by atoms with E-state index in [-0.39, 0.29) is 0 Å². The molecule has 9 rings (SSSR count). The molecule has 7 saturated carbocycles. The molecule has 4 nitrogen and oxygen atoms in total. The Hall–Kier alpha value is -0.160. The van der Waals surface area contributed by atoms with Crippen LogP contribution in [0, 0.1) is 47.3 Å². The first-order chi connectivity index (χ1) is 22.8. The van der Waals surface area contributed by atoms with Crippen LogP contribution in [0.5, 0.6) is 0 Å². The van der Waals surface area contributed by atoms with Crippen molar-refractivity contribution in [1.29, 1.82) is 0 Å². The highest BCUT2D eigenvalue weighted by molar-refractivity contribution is 5.10. The molecule has 46 heavy (non-hydrogen) atoms. The molecule has 11 atom stereocenters. The van der Waals surface area contributed by atoms with Crippen molar-refractivity contribution in [2.75, 3.05) is 19.6 Å². The highest BCUT2D eigenvalue weighted by Crippen LogP contribution is 2.62. The van der Waals surface area contributed by atoms with Crippen LogP contribution in [0.3, 0.4) is 0 Å². The summed E-state index contributed by atoms with van der Waals surface area (Å²) in [6.45, 7) is 3.82. The average Bonchev–Trinajstić information content (AvgIpc) is 3.13. The number of nitrogens with zero attached hydrogens (tertiary/aromatic N) is 2. The van der Waals surface area contributed by atoms with E-state index in [0.29, 0.717) is 6.17 Å². The zero-order valence-electron chi connectivity index (χ0n) is 29.8. The molecule has 0 amide bonds. The predicted molar refractivity (Wildman–Crippen MR) is 191 cm³/mol. The summed E-state index contributed by atoms with van der Waals surface area (Å²) in [5, 5.41) is 8.05. The lowest BCUT2D eigenvalue weighted by atomic mass is 9.46. The Bertz CT molecular complexity index is 962. The summed E-state index contributed by atoms with van der Waals surface area (Å²) in [5.41, 5.74) is 0. The molecule has 260 valence electrons. The molecule has 2 N–H and O–H groups in total. The zero-order valence-corrected chi connectivity index (χ0v) is 29.8. The number of hydrogen-bond donors (Lipinski definition) is 2. The third-order valence-corrected chi connectivity index (χ3v) is 17.0. The van der Waals surface area contributed by atoms with Gasteiger partial charge < -0.3 is 10.6 Å². The Morgan fingerprint density at radius 3 is 1.52 bits per heavy atom. The van der Waals surface area contributed by atoms with Crippen LogP contribution in [-0.2, 0) is 0 Å². The van der Waals surface area contributed by atoms with Crippen molar-refractivity contribution < 1.29 is 0 Å². The maximum absolute atomic E-state index is 4.31. The molecule has 0 aromatic rings. The summed E-state index contributed by atoms with van der Waals surface area (Å²) < 4.78 is 0. The number of hydrogen-bond acceptors (Lipinski definition) is 4. The summed E-state index contributed by atoms with van der Waals surface area (Å²) in [6, 6.07) is 4.42. The molecule has 2 aliphatic heterocycles. The maximum Gasteiger partial charge on any atom is 0.0633 e. The van der Waals surface area contributed by atoms with E-state index in [2.05, 4.69) is 20.4 Å². The largest absolute Gasteiger partial charge is 0.317 e. The van der Waals surface area contributed by atoms with E-state index < -0.39 is 0 Å². The van der Waals surface area contributed by atoms with Crippen LogP contribution in [0.4, 0.5) is 0 Å². The summed E-state index contributed by atoms with van der Waals surface area (Å²) in [5.74, 6) is 8.18. The normalized spacial score (nSPS) is 46.2. The third-order valence-electron chi connectivity index (χ3n) is 17.0. The van der Waals surface area contributed by atoms with Gasteiger partial charge in [-0.15, -0.1) is 0 Å². The van der Waals surface area contributed by atoms with E-state index >= 15 is 0 Å².